The van der Waals surface area contributed by atoms with E-state index in [9.17, 15) is 9.90 Å². The fourth-order valence-corrected chi connectivity index (χ4v) is 5.63. The van der Waals surface area contributed by atoms with Gasteiger partial charge < -0.3 is 15.4 Å². The molecule has 0 radical (unpaired) electrons. The molecule has 0 aromatic carbocycles. The van der Waals surface area contributed by atoms with Gasteiger partial charge in [0.05, 0.1) is 17.9 Å². The molecule has 2 saturated carbocycles. The summed E-state index contributed by atoms with van der Waals surface area (Å²) in [5, 5.41) is 21.1. The molecule has 0 bridgehead atoms. The van der Waals surface area contributed by atoms with Gasteiger partial charge in [0.1, 0.15) is 5.69 Å². The molecular formula is C25H29N7O2S. The summed E-state index contributed by atoms with van der Waals surface area (Å²) in [7, 11) is 0. The molecule has 0 amide bonds. The van der Waals surface area contributed by atoms with Gasteiger partial charge >= 0.3 is 5.69 Å². The predicted octanol–water partition coefficient (Wildman–Crippen LogP) is 2.43. The normalized spacial score (nSPS) is 18.8. The lowest BCUT2D eigenvalue weighted by Gasteiger charge is -2.15. The third-order valence-electron chi connectivity index (χ3n) is 6.85. The van der Waals surface area contributed by atoms with Gasteiger partial charge in [-0.25, -0.2) is 9.78 Å². The van der Waals surface area contributed by atoms with E-state index in [0.29, 0.717) is 34.6 Å². The van der Waals surface area contributed by atoms with Gasteiger partial charge in [0.25, 0.3) is 0 Å². The zero-order valence-electron chi connectivity index (χ0n) is 19.6. The van der Waals surface area contributed by atoms with Gasteiger partial charge in [0.15, 0.2) is 11.1 Å². The number of fused-ring (bicyclic) bond motifs is 1. The number of H-pyrrole nitrogens is 2. The Morgan fingerprint density at radius 1 is 1.29 bits per heavy atom. The third-order valence-corrected chi connectivity index (χ3v) is 8.01. The van der Waals surface area contributed by atoms with Crippen molar-refractivity contribution in [1.82, 2.24) is 29.9 Å². The molecule has 0 saturated heterocycles. The van der Waals surface area contributed by atoms with Crippen LogP contribution in [0.4, 0.5) is 0 Å². The van der Waals surface area contributed by atoms with Crippen molar-refractivity contribution in [3.8, 4) is 17.1 Å². The highest BCUT2D eigenvalue weighted by Crippen LogP contribution is 2.29. The molecule has 2 aliphatic carbocycles. The van der Waals surface area contributed by atoms with Crippen molar-refractivity contribution in [2.24, 2.45) is 4.99 Å². The van der Waals surface area contributed by atoms with E-state index in [-0.39, 0.29) is 5.88 Å². The number of aromatic nitrogens is 5. The van der Waals surface area contributed by atoms with E-state index in [1.54, 1.807) is 28.1 Å². The van der Waals surface area contributed by atoms with Crippen LogP contribution >= 0.6 is 11.3 Å². The molecule has 35 heavy (non-hydrogen) atoms. The summed E-state index contributed by atoms with van der Waals surface area (Å²) in [6.07, 6.45) is 10.8. The molecule has 1 unspecified atom stereocenters. The maximum absolute atomic E-state index is 11.6. The molecule has 10 heteroatoms. The van der Waals surface area contributed by atoms with E-state index in [4.69, 9.17) is 9.98 Å². The second-order valence-corrected chi connectivity index (χ2v) is 10.7. The Bertz CT molecular complexity index is 1540. The van der Waals surface area contributed by atoms with E-state index in [0.717, 1.165) is 36.1 Å². The first kappa shape index (κ1) is 22.2. The average molecular weight is 492 g/mol. The van der Waals surface area contributed by atoms with Crippen LogP contribution in [0.25, 0.3) is 23.0 Å². The van der Waals surface area contributed by atoms with Crippen molar-refractivity contribution in [3.05, 3.63) is 55.5 Å². The first-order valence-corrected chi connectivity index (χ1v) is 13.2. The number of nitrogens with one attached hydrogen (secondary N) is 3. The lowest BCUT2D eigenvalue weighted by Crippen LogP contribution is -2.29. The van der Waals surface area contributed by atoms with Gasteiger partial charge in [0.2, 0.25) is 5.88 Å². The highest BCUT2D eigenvalue weighted by Gasteiger charge is 2.21. The topological polar surface area (TPSA) is 123 Å². The monoisotopic (exact) mass is 491 g/mol. The fraction of sp³-hybridized carbons (Fsp3) is 0.440. The SMILES string of the molecule is CC(CNC1CCCC1)c1cc(-c2cc(=NC3CC3)n3ncc(=Cc4[nH]c(=O)[nH]c4O)c3n2)cs1. The van der Waals surface area contributed by atoms with Gasteiger partial charge in [-0.3, -0.25) is 9.98 Å². The maximum atomic E-state index is 11.6. The number of hydrogen-bond donors (Lipinski definition) is 4. The molecule has 4 aromatic rings. The van der Waals surface area contributed by atoms with Gasteiger partial charge in [-0.2, -0.15) is 9.61 Å². The van der Waals surface area contributed by atoms with Gasteiger partial charge in [-0.05, 0) is 37.8 Å². The van der Waals surface area contributed by atoms with Crippen LogP contribution in [0.3, 0.4) is 0 Å². The van der Waals surface area contributed by atoms with E-state index >= 15 is 0 Å². The first-order chi connectivity index (χ1) is 17.0. The molecule has 9 nitrogen and oxygen atoms in total. The van der Waals surface area contributed by atoms with Crippen LogP contribution in [0.15, 0.2) is 33.5 Å². The molecule has 4 N–H and O–H groups in total. The van der Waals surface area contributed by atoms with E-state index < -0.39 is 5.69 Å². The van der Waals surface area contributed by atoms with Crippen molar-refractivity contribution >= 4 is 23.1 Å². The molecule has 6 rings (SSSR count). The number of hydrogen-bond acceptors (Lipinski definition) is 7. The lowest BCUT2D eigenvalue weighted by atomic mass is 10.1. The molecule has 4 heterocycles. The molecular weight excluding hydrogens is 462 g/mol. The molecule has 182 valence electrons. The van der Waals surface area contributed by atoms with Gasteiger partial charge in [0, 0.05) is 45.6 Å². The Hall–Kier alpha value is -3.24. The number of rotatable bonds is 7. The molecule has 1 atom stereocenters. The standard InChI is InChI=1S/C25H29N7O2S/c1-14(11-26-17-4-2-3-5-17)21-9-16(13-35-21)19-10-22(28-18-6-7-18)32-23(29-19)15(12-27-32)8-20-24(33)31-25(34)30-20/h8-10,12-14,17-18,26,33H,2-7,11H2,1H3,(H2,30,31,34). The summed E-state index contributed by atoms with van der Waals surface area (Å²) < 4.78 is 1.73. The van der Waals surface area contributed by atoms with Crippen molar-refractivity contribution in [1.29, 1.82) is 0 Å². The summed E-state index contributed by atoms with van der Waals surface area (Å²) in [5.41, 5.74) is 3.13. The highest BCUT2D eigenvalue weighted by molar-refractivity contribution is 7.10. The van der Waals surface area contributed by atoms with Crippen LogP contribution in [0, 0.1) is 0 Å². The zero-order valence-corrected chi connectivity index (χ0v) is 20.4. The fourth-order valence-electron chi connectivity index (χ4n) is 4.66. The van der Waals surface area contributed by atoms with Gasteiger partial charge in [-0.15, -0.1) is 11.3 Å². The van der Waals surface area contributed by atoms with Crippen molar-refractivity contribution in [2.45, 2.75) is 63.5 Å². The molecule has 2 fully saturated rings. The van der Waals surface area contributed by atoms with Gasteiger partial charge in [-0.1, -0.05) is 19.8 Å². The smallest absolute Gasteiger partial charge is 0.326 e. The largest absolute Gasteiger partial charge is 0.493 e. The molecule has 0 spiro atoms. The molecule has 4 aromatic heterocycles. The maximum Gasteiger partial charge on any atom is 0.326 e. The van der Waals surface area contributed by atoms with Crippen molar-refractivity contribution < 1.29 is 5.11 Å². The second kappa shape index (κ2) is 9.09. The number of aromatic amines is 2. The average Bonchev–Trinajstić information content (AvgIpc) is 3.28. The van der Waals surface area contributed by atoms with E-state index in [2.05, 4.69) is 38.8 Å². The Kier molecular flexibility index (Phi) is 5.77. The van der Waals surface area contributed by atoms with Crippen LogP contribution in [0.2, 0.25) is 0 Å². The second-order valence-electron chi connectivity index (χ2n) is 9.71. The number of thiophene rings is 1. The minimum absolute atomic E-state index is 0.212. The summed E-state index contributed by atoms with van der Waals surface area (Å²) in [5.74, 6) is 0.219. The van der Waals surface area contributed by atoms with Crippen molar-refractivity contribution in [3.63, 3.8) is 0 Å². The van der Waals surface area contributed by atoms with E-state index in [1.807, 2.05) is 6.07 Å². The van der Waals surface area contributed by atoms with Crippen LogP contribution < -0.4 is 21.7 Å². The summed E-state index contributed by atoms with van der Waals surface area (Å²) in [4.78, 5) is 27.6. The summed E-state index contributed by atoms with van der Waals surface area (Å²) in [6, 6.07) is 5.24. The molecule has 0 aliphatic heterocycles. The van der Waals surface area contributed by atoms with Crippen LogP contribution in [-0.2, 0) is 0 Å². The third kappa shape index (κ3) is 4.68. The van der Waals surface area contributed by atoms with Crippen LogP contribution in [-0.4, -0.2) is 48.3 Å². The Labute approximate surface area is 205 Å². The number of imidazole rings is 1. The number of aromatic hydroxyl groups is 1. The zero-order chi connectivity index (χ0) is 23.9. The van der Waals surface area contributed by atoms with Crippen LogP contribution in [0.5, 0.6) is 5.88 Å². The number of nitrogens with zero attached hydrogens (tertiary/aromatic N) is 4. The Balaban J connectivity index is 1.37. The predicted molar refractivity (Wildman–Crippen MR) is 135 cm³/mol. The van der Waals surface area contributed by atoms with E-state index in [1.165, 1.54) is 30.6 Å². The summed E-state index contributed by atoms with van der Waals surface area (Å²) >= 11 is 1.77. The summed E-state index contributed by atoms with van der Waals surface area (Å²) in [6.45, 7) is 3.26. The minimum atomic E-state index is -0.467. The minimum Gasteiger partial charge on any atom is -0.493 e. The highest BCUT2D eigenvalue weighted by atomic mass is 32.1. The Morgan fingerprint density at radius 2 is 2.11 bits per heavy atom. The quantitative estimate of drug-likeness (QED) is 0.316. The first-order valence-electron chi connectivity index (χ1n) is 12.3. The molecule has 2 aliphatic rings. The van der Waals surface area contributed by atoms with Crippen molar-refractivity contribution in [2.75, 3.05) is 6.54 Å². The van der Waals surface area contributed by atoms with Crippen LogP contribution in [0.1, 0.15) is 61.9 Å². The Morgan fingerprint density at radius 3 is 2.86 bits per heavy atom. The lowest BCUT2D eigenvalue weighted by molar-refractivity contribution is 0.454.